The highest BCUT2D eigenvalue weighted by molar-refractivity contribution is 5.98. The Morgan fingerprint density at radius 3 is 2.71 bits per heavy atom. The Morgan fingerprint density at radius 1 is 1.33 bits per heavy atom. The summed E-state index contributed by atoms with van der Waals surface area (Å²) in [7, 11) is 0. The summed E-state index contributed by atoms with van der Waals surface area (Å²) in [6.07, 6.45) is 0.749. The lowest BCUT2D eigenvalue weighted by molar-refractivity contribution is 0.0658. The van der Waals surface area contributed by atoms with Gasteiger partial charge in [-0.25, -0.2) is 0 Å². The monoisotopic (exact) mass is 285 g/mol. The SMILES string of the molecule is CC[C@@H](c1nc(C(C)C)no1)N1Cc2ccccc2C1=O. The fraction of sp³-hybridized carbons (Fsp3) is 0.438. The molecule has 0 aliphatic carbocycles. The van der Waals surface area contributed by atoms with Crippen LogP contribution in [0.4, 0.5) is 0 Å². The lowest BCUT2D eigenvalue weighted by Crippen LogP contribution is -2.29. The van der Waals surface area contributed by atoms with Gasteiger partial charge in [0.05, 0.1) is 0 Å². The third-order valence-electron chi connectivity index (χ3n) is 3.87. The Hall–Kier alpha value is -2.17. The van der Waals surface area contributed by atoms with Crippen molar-refractivity contribution in [1.29, 1.82) is 0 Å². The van der Waals surface area contributed by atoms with Crippen molar-refractivity contribution in [2.75, 3.05) is 0 Å². The number of hydrogen-bond acceptors (Lipinski definition) is 4. The molecule has 1 atom stereocenters. The van der Waals surface area contributed by atoms with Crippen molar-refractivity contribution in [3.05, 3.63) is 47.1 Å². The summed E-state index contributed by atoms with van der Waals surface area (Å²) < 4.78 is 5.38. The number of aromatic nitrogens is 2. The summed E-state index contributed by atoms with van der Waals surface area (Å²) in [5.74, 6) is 1.48. The summed E-state index contributed by atoms with van der Waals surface area (Å²) in [4.78, 5) is 18.8. The van der Waals surface area contributed by atoms with E-state index in [2.05, 4.69) is 10.1 Å². The zero-order valence-electron chi connectivity index (χ0n) is 12.5. The molecule has 0 bridgehead atoms. The maximum Gasteiger partial charge on any atom is 0.255 e. The Labute approximate surface area is 124 Å². The standard InChI is InChI=1S/C16H19N3O2/c1-4-13(15-17-14(10(2)3)18-21-15)19-9-11-7-5-6-8-12(11)16(19)20/h5-8,10,13H,4,9H2,1-3H3/t13-/m0/s1. The lowest BCUT2D eigenvalue weighted by atomic mass is 10.1. The number of fused-ring (bicyclic) bond motifs is 1. The number of rotatable bonds is 4. The van der Waals surface area contributed by atoms with Gasteiger partial charge in [-0.15, -0.1) is 0 Å². The maximum atomic E-state index is 12.5. The molecule has 0 unspecified atom stereocenters. The van der Waals surface area contributed by atoms with E-state index in [0.29, 0.717) is 18.3 Å². The first-order chi connectivity index (χ1) is 10.1. The average Bonchev–Trinajstić information content (AvgIpc) is 3.07. The van der Waals surface area contributed by atoms with Crippen LogP contribution in [0.2, 0.25) is 0 Å². The van der Waals surface area contributed by atoms with E-state index in [0.717, 1.165) is 17.5 Å². The number of amides is 1. The lowest BCUT2D eigenvalue weighted by Gasteiger charge is -2.23. The van der Waals surface area contributed by atoms with Gasteiger partial charge in [0.2, 0.25) is 5.89 Å². The molecule has 1 amide bonds. The van der Waals surface area contributed by atoms with Gasteiger partial charge < -0.3 is 9.42 Å². The Balaban J connectivity index is 1.89. The average molecular weight is 285 g/mol. The van der Waals surface area contributed by atoms with Crippen LogP contribution >= 0.6 is 0 Å². The fourth-order valence-corrected chi connectivity index (χ4v) is 2.67. The highest BCUT2D eigenvalue weighted by Crippen LogP contribution is 2.32. The van der Waals surface area contributed by atoms with Gasteiger partial charge in [-0.05, 0) is 18.1 Å². The van der Waals surface area contributed by atoms with Crippen LogP contribution in [0.25, 0.3) is 0 Å². The molecule has 110 valence electrons. The minimum Gasteiger partial charge on any atom is -0.337 e. The van der Waals surface area contributed by atoms with Crippen LogP contribution in [0.15, 0.2) is 28.8 Å². The Kier molecular flexibility index (Phi) is 3.49. The van der Waals surface area contributed by atoms with Crippen LogP contribution in [-0.4, -0.2) is 20.9 Å². The van der Waals surface area contributed by atoms with Crippen molar-refractivity contribution in [2.24, 2.45) is 0 Å². The molecule has 0 saturated carbocycles. The second-order valence-electron chi connectivity index (χ2n) is 5.66. The molecule has 3 rings (SSSR count). The Morgan fingerprint density at radius 2 is 2.10 bits per heavy atom. The van der Waals surface area contributed by atoms with E-state index < -0.39 is 0 Å². The molecule has 5 nitrogen and oxygen atoms in total. The van der Waals surface area contributed by atoms with Gasteiger partial charge in [-0.2, -0.15) is 4.98 Å². The first kappa shape index (κ1) is 13.8. The second-order valence-corrected chi connectivity index (χ2v) is 5.66. The third kappa shape index (κ3) is 2.33. The molecule has 0 radical (unpaired) electrons. The molecule has 1 aromatic heterocycles. The van der Waals surface area contributed by atoms with Gasteiger partial charge in [0, 0.05) is 18.0 Å². The first-order valence-corrected chi connectivity index (χ1v) is 7.34. The van der Waals surface area contributed by atoms with E-state index in [9.17, 15) is 4.79 Å². The minimum atomic E-state index is -0.162. The topological polar surface area (TPSA) is 59.2 Å². The Bertz CT molecular complexity index is 663. The molecule has 1 aliphatic heterocycles. The number of hydrogen-bond donors (Lipinski definition) is 0. The predicted molar refractivity (Wildman–Crippen MR) is 77.7 cm³/mol. The molecule has 5 heteroatoms. The fourth-order valence-electron chi connectivity index (χ4n) is 2.67. The predicted octanol–water partition coefficient (Wildman–Crippen LogP) is 3.30. The number of carbonyl (C=O) groups is 1. The van der Waals surface area contributed by atoms with E-state index in [1.54, 1.807) is 0 Å². The summed E-state index contributed by atoms with van der Waals surface area (Å²) in [5.41, 5.74) is 1.84. The quantitative estimate of drug-likeness (QED) is 0.864. The summed E-state index contributed by atoms with van der Waals surface area (Å²) in [6, 6.07) is 7.56. The van der Waals surface area contributed by atoms with Crippen LogP contribution in [0.3, 0.4) is 0 Å². The summed E-state index contributed by atoms with van der Waals surface area (Å²) in [5, 5.41) is 4.01. The molecule has 21 heavy (non-hydrogen) atoms. The minimum absolute atomic E-state index is 0.0433. The van der Waals surface area contributed by atoms with E-state index >= 15 is 0 Å². The molecule has 2 heterocycles. The first-order valence-electron chi connectivity index (χ1n) is 7.34. The molecule has 0 N–H and O–H groups in total. The van der Waals surface area contributed by atoms with E-state index in [1.807, 2.05) is 49.9 Å². The van der Waals surface area contributed by atoms with Gasteiger partial charge >= 0.3 is 0 Å². The van der Waals surface area contributed by atoms with E-state index in [-0.39, 0.29) is 17.9 Å². The van der Waals surface area contributed by atoms with Crippen LogP contribution < -0.4 is 0 Å². The van der Waals surface area contributed by atoms with Crippen molar-refractivity contribution in [2.45, 2.75) is 45.7 Å². The van der Waals surface area contributed by atoms with Gasteiger partial charge in [0.15, 0.2) is 5.82 Å². The van der Waals surface area contributed by atoms with Crippen molar-refractivity contribution in [3.63, 3.8) is 0 Å². The largest absolute Gasteiger partial charge is 0.337 e. The summed E-state index contributed by atoms with van der Waals surface area (Å²) in [6.45, 7) is 6.67. The molecule has 1 aromatic carbocycles. The number of nitrogens with zero attached hydrogens (tertiary/aromatic N) is 3. The number of carbonyl (C=O) groups excluding carboxylic acids is 1. The maximum absolute atomic E-state index is 12.5. The van der Waals surface area contributed by atoms with Crippen LogP contribution in [0.5, 0.6) is 0 Å². The van der Waals surface area contributed by atoms with Crippen molar-refractivity contribution in [3.8, 4) is 0 Å². The van der Waals surface area contributed by atoms with Crippen LogP contribution in [-0.2, 0) is 6.54 Å². The van der Waals surface area contributed by atoms with Gasteiger partial charge in [0.1, 0.15) is 6.04 Å². The zero-order chi connectivity index (χ0) is 15.0. The van der Waals surface area contributed by atoms with Gasteiger partial charge in [0.25, 0.3) is 5.91 Å². The van der Waals surface area contributed by atoms with Crippen molar-refractivity contribution < 1.29 is 9.32 Å². The van der Waals surface area contributed by atoms with Crippen LogP contribution in [0.1, 0.15) is 66.8 Å². The number of benzene rings is 1. The molecular weight excluding hydrogens is 266 g/mol. The smallest absolute Gasteiger partial charge is 0.255 e. The van der Waals surface area contributed by atoms with Crippen molar-refractivity contribution in [1.82, 2.24) is 15.0 Å². The molecule has 0 saturated heterocycles. The molecule has 0 fully saturated rings. The molecule has 2 aromatic rings. The molecule has 1 aliphatic rings. The van der Waals surface area contributed by atoms with Gasteiger partial charge in [-0.1, -0.05) is 44.1 Å². The van der Waals surface area contributed by atoms with Crippen molar-refractivity contribution >= 4 is 5.91 Å². The normalized spacial score (nSPS) is 15.6. The molecule has 0 spiro atoms. The zero-order valence-corrected chi connectivity index (χ0v) is 12.5. The highest BCUT2D eigenvalue weighted by Gasteiger charge is 2.35. The second kappa shape index (κ2) is 5.31. The van der Waals surface area contributed by atoms with Crippen LogP contribution in [0, 0.1) is 0 Å². The van der Waals surface area contributed by atoms with E-state index in [1.165, 1.54) is 0 Å². The molecular formula is C16H19N3O2. The highest BCUT2D eigenvalue weighted by atomic mass is 16.5. The third-order valence-corrected chi connectivity index (χ3v) is 3.87. The van der Waals surface area contributed by atoms with E-state index in [4.69, 9.17) is 4.52 Å². The summed E-state index contributed by atoms with van der Waals surface area (Å²) >= 11 is 0. The van der Waals surface area contributed by atoms with Gasteiger partial charge in [-0.3, -0.25) is 4.79 Å².